The number of ether oxygens (including phenoxy) is 4. The maximum atomic E-state index is 11.6. The standard InChI is InChI=1S/C13H12N2O5/c14-15-11(16)8-1-2-9(12-17-3-4-18-12)10(7-8)13-19-5-6-20-13/h1-7,12-13H,14H2,(H,15,16). The van der Waals surface area contributed by atoms with Gasteiger partial charge in [-0.2, -0.15) is 0 Å². The quantitative estimate of drug-likeness (QED) is 0.491. The molecule has 20 heavy (non-hydrogen) atoms. The molecular weight excluding hydrogens is 264 g/mol. The van der Waals surface area contributed by atoms with E-state index in [4.69, 9.17) is 24.8 Å². The Bertz CT molecular complexity index is 568. The summed E-state index contributed by atoms with van der Waals surface area (Å²) in [6.45, 7) is 0. The molecule has 2 heterocycles. The first-order valence-corrected chi connectivity index (χ1v) is 5.86. The van der Waals surface area contributed by atoms with Crippen molar-refractivity contribution in [3.05, 3.63) is 59.9 Å². The summed E-state index contributed by atoms with van der Waals surface area (Å²) in [7, 11) is 0. The van der Waals surface area contributed by atoms with Gasteiger partial charge in [0.15, 0.2) is 0 Å². The maximum Gasteiger partial charge on any atom is 0.266 e. The molecule has 0 radical (unpaired) electrons. The van der Waals surface area contributed by atoms with E-state index < -0.39 is 18.5 Å². The Morgan fingerprint density at radius 3 is 2.05 bits per heavy atom. The predicted molar refractivity (Wildman–Crippen MR) is 66.2 cm³/mol. The van der Waals surface area contributed by atoms with Crippen molar-refractivity contribution in [2.75, 3.05) is 0 Å². The van der Waals surface area contributed by atoms with Crippen LogP contribution in [0.3, 0.4) is 0 Å². The topological polar surface area (TPSA) is 92.0 Å². The summed E-state index contributed by atoms with van der Waals surface area (Å²) in [5, 5.41) is 0. The Kier molecular flexibility index (Phi) is 3.18. The minimum Gasteiger partial charge on any atom is -0.455 e. The van der Waals surface area contributed by atoms with Crippen molar-refractivity contribution in [3.63, 3.8) is 0 Å². The number of amides is 1. The maximum absolute atomic E-state index is 11.6. The molecule has 0 fully saturated rings. The van der Waals surface area contributed by atoms with Crippen LogP contribution in [-0.2, 0) is 18.9 Å². The van der Waals surface area contributed by atoms with Crippen LogP contribution < -0.4 is 11.3 Å². The van der Waals surface area contributed by atoms with Crippen molar-refractivity contribution in [2.45, 2.75) is 12.6 Å². The van der Waals surface area contributed by atoms with Crippen LogP contribution in [0.5, 0.6) is 0 Å². The Morgan fingerprint density at radius 2 is 1.50 bits per heavy atom. The lowest BCUT2D eigenvalue weighted by Crippen LogP contribution is -2.30. The van der Waals surface area contributed by atoms with Gasteiger partial charge in [-0.15, -0.1) is 0 Å². The van der Waals surface area contributed by atoms with Crippen molar-refractivity contribution in [3.8, 4) is 0 Å². The summed E-state index contributed by atoms with van der Waals surface area (Å²) >= 11 is 0. The van der Waals surface area contributed by atoms with E-state index in [1.807, 2.05) is 0 Å². The fourth-order valence-electron chi connectivity index (χ4n) is 1.99. The van der Waals surface area contributed by atoms with Crippen LogP contribution in [0.1, 0.15) is 34.1 Å². The molecule has 0 aromatic heterocycles. The van der Waals surface area contributed by atoms with Crippen molar-refractivity contribution in [2.24, 2.45) is 5.84 Å². The molecule has 0 aliphatic carbocycles. The van der Waals surface area contributed by atoms with Crippen LogP contribution in [0.15, 0.2) is 43.2 Å². The first-order chi connectivity index (χ1) is 9.79. The average Bonchev–Trinajstić information content (AvgIpc) is 3.18. The second-order valence-electron chi connectivity index (χ2n) is 4.07. The molecule has 3 N–H and O–H groups in total. The molecule has 1 aromatic rings. The van der Waals surface area contributed by atoms with Crippen molar-refractivity contribution < 1.29 is 23.7 Å². The zero-order valence-electron chi connectivity index (χ0n) is 10.3. The van der Waals surface area contributed by atoms with Gasteiger partial charge in [0.25, 0.3) is 18.5 Å². The van der Waals surface area contributed by atoms with Crippen molar-refractivity contribution in [1.82, 2.24) is 5.43 Å². The molecular formula is C13H12N2O5. The molecule has 2 aliphatic rings. The van der Waals surface area contributed by atoms with Crippen LogP contribution in [0.25, 0.3) is 0 Å². The fourth-order valence-corrected chi connectivity index (χ4v) is 1.99. The summed E-state index contributed by atoms with van der Waals surface area (Å²) in [4.78, 5) is 11.6. The fraction of sp³-hybridized carbons (Fsp3) is 0.154. The Hall–Kier alpha value is -2.67. The van der Waals surface area contributed by atoms with Gasteiger partial charge in [0.05, 0.1) is 0 Å². The minimum absolute atomic E-state index is 0.385. The van der Waals surface area contributed by atoms with Gasteiger partial charge in [0.1, 0.15) is 25.0 Å². The molecule has 7 nitrogen and oxygen atoms in total. The molecule has 1 amide bonds. The second kappa shape index (κ2) is 5.14. The second-order valence-corrected chi connectivity index (χ2v) is 4.07. The first kappa shape index (κ1) is 12.4. The number of benzene rings is 1. The molecule has 0 saturated heterocycles. The van der Waals surface area contributed by atoms with Gasteiger partial charge >= 0.3 is 0 Å². The SMILES string of the molecule is NNC(=O)c1ccc(C2OC=CO2)c(C2OC=CO2)c1. The Morgan fingerprint density at radius 1 is 0.950 bits per heavy atom. The number of hydrazine groups is 1. The van der Waals surface area contributed by atoms with E-state index in [1.54, 1.807) is 18.2 Å². The lowest BCUT2D eigenvalue weighted by atomic mass is 10.0. The molecule has 0 unspecified atom stereocenters. The number of hydrogen-bond acceptors (Lipinski definition) is 6. The van der Waals surface area contributed by atoms with E-state index in [0.29, 0.717) is 16.7 Å². The van der Waals surface area contributed by atoms with Crippen molar-refractivity contribution >= 4 is 5.91 Å². The molecule has 1 aromatic carbocycles. The number of carbonyl (C=O) groups is 1. The van der Waals surface area contributed by atoms with Gasteiger partial charge in [0, 0.05) is 16.7 Å². The van der Waals surface area contributed by atoms with Gasteiger partial charge in [-0.25, -0.2) is 5.84 Å². The number of hydrogen-bond donors (Lipinski definition) is 2. The molecule has 2 aliphatic heterocycles. The summed E-state index contributed by atoms with van der Waals surface area (Å²) in [6.07, 6.45) is 4.51. The van der Waals surface area contributed by atoms with Crippen LogP contribution in [-0.4, -0.2) is 5.91 Å². The van der Waals surface area contributed by atoms with E-state index in [2.05, 4.69) is 5.43 Å². The van der Waals surface area contributed by atoms with Crippen molar-refractivity contribution in [1.29, 1.82) is 0 Å². The third-order valence-electron chi connectivity index (χ3n) is 2.91. The molecule has 104 valence electrons. The van der Waals surface area contributed by atoms with Gasteiger partial charge < -0.3 is 18.9 Å². The number of nitrogens with two attached hydrogens (primary N) is 1. The van der Waals surface area contributed by atoms with Gasteiger partial charge in [-0.05, 0) is 12.1 Å². The van der Waals surface area contributed by atoms with Crippen LogP contribution >= 0.6 is 0 Å². The smallest absolute Gasteiger partial charge is 0.266 e. The third kappa shape index (κ3) is 2.14. The largest absolute Gasteiger partial charge is 0.455 e. The molecule has 3 rings (SSSR count). The highest BCUT2D eigenvalue weighted by Crippen LogP contribution is 2.34. The van der Waals surface area contributed by atoms with Crippen LogP contribution in [0.2, 0.25) is 0 Å². The third-order valence-corrected chi connectivity index (χ3v) is 2.91. The monoisotopic (exact) mass is 276 g/mol. The van der Waals surface area contributed by atoms with E-state index >= 15 is 0 Å². The lowest BCUT2D eigenvalue weighted by molar-refractivity contribution is -0.0449. The highest BCUT2D eigenvalue weighted by atomic mass is 16.7. The van der Waals surface area contributed by atoms with Gasteiger partial charge in [-0.1, -0.05) is 6.07 Å². The molecule has 0 spiro atoms. The Balaban J connectivity index is 1.97. The lowest BCUT2D eigenvalue weighted by Gasteiger charge is -2.19. The Labute approximate surface area is 114 Å². The highest BCUT2D eigenvalue weighted by Gasteiger charge is 2.27. The van der Waals surface area contributed by atoms with Gasteiger partial charge in [-0.3, -0.25) is 10.2 Å². The molecule has 7 heteroatoms. The molecule has 0 bridgehead atoms. The zero-order valence-corrected chi connectivity index (χ0v) is 10.3. The average molecular weight is 276 g/mol. The van der Waals surface area contributed by atoms with Crippen LogP contribution in [0, 0.1) is 0 Å². The summed E-state index contributed by atoms with van der Waals surface area (Å²) < 4.78 is 21.2. The number of nitrogens with one attached hydrogen (secondary N) is 1. The molecule has 0 atom stereocenters. The van der Waals surface area contributed by atoms with Gasteiger partial charge in [0.2, 0.25) is 0 Å². The normalized spacial score (nSPS) is 17.2. The predicted octanol–water partition coefficient (Wildman–Crippen LogP) is 1.32. The van der Waals surface area contributed by atoms with E-state index in [0.717, 1.165) is 0 Å². The minimum atomic E-state index is -0.650. The number of carbonyl (C=O) groups excluding carboxylic acids is 1. The number of nitrogen functional groups attached to an aromatic ring is 1. The summed E-state index contributed by atoms with van der Waals surface area (Å²) in [5.41, 5.74) is 3.80. The van der Waals surface area contributed by atoms with Crippen LogP contribution in [0.4, 0.5) is 0 Å². The van der Waals surface area contributed by atoms with E-state index in [9.17, 15) is 4.79 Å². The zero-order chi connectivity index (χ0) is 13.9. The highest BCUT2D eigenvalue weighted by molar-refractivity contribution is 5.94. The van der Waals surface area contributed by atoms with E-state index in [1.165, 1.54) is 25.0 Å². The molecule has 0 saturated carbocycles. The van der Waals surface area contributed by atoms with E-state index in [-0.39, 0.29) is 0 Å². The first-order valence-electron chi connectivity index (χ1n) is 5.86. The number of rotatable bonds is 3. The summed E-state index contributed by atoms with van der Waals surface area (Å²) in [5.74, 6) is 4.73. The summed E-state index contributed by atoms with van der Waals surface area (Å²) in [6, 6.07) is 4.96.